The van der Waals surface area contributed by atoms with Crippen LogP contribution in [0.15, 0.2) is 27.7 Å². The average Bonchev–Trinajstić information content (AvgIpc) is 2.55. The molecular weight excluding hydrogens is 392 g/mol. The van der Waals surface area contributed by atoms with Gasteiger partial charge in [-0.2, -0.15) is 4.99 Å². The van der Waals surface area contributed by atoms with Gasteiger partial charge in [0, 0.05) is 37.5 Å². The van der Waals surface area contributed by atoms with Crippen molar-refractivity contribution in [2.75, 3.05) is 19.6 Å². The normalized spacial score (nSPS) is 19.1. The summed E-state index contributed by atoms with van der Waals surface area (Å²) < 4.78 is 0.762. The summed E-state index contributed by atoms with van der Waals surface area (Å²) in [6.45, 7) is 2.23. The molecule has 0 bridgehead atoms. The number of aliphatic imine (C=N–C) groups is 1. The van der Waals surface area contributed by atoms with Crippen LogP contribution in [0.5, 0.6) is 0 Å². The highest BCUT2D eigenvalue weighted by atomic mass is 79.9. The molecule has 5 amide bonds. The Morgan fingerprint density at radius 1 is 1.24 bits per heavy atom. The van der Waals surface area contributed by atoms with Crippen molar-refractivity contribution in [3.8, 4) is 0 Å². The number of nitrogens with zero attached hydrogens (tertiary/aromatic N) is 2. The van der Waals surface area contributed by atoms with E-state index in [2.05, 4.69) is 31.6 Å². The van der Waals surface area contributed by atoms with Gasteiger partial charge < -0.3 is 10.6 Å². The number of urea groups is 1. The Morgan fingerprint density at radius 2 is 1.96 bits per heavy atom. The lowest BCUT2D eigenvalue weighted by molar-refractivity contribution is -0.130. The zero-order valence-corrected chi connectivity index (χ0v) is 15.3. The molecule has 1 aliphatic carbocycles. The SMILES string of the molecule is CC(=O)NCCNC(=O)CCCN1C(=O)N=C2C=CC(Br)=CC2C1=O. The van der Waals surface area contributed by atoms with E-state index in [1.165, 1.54) is 6.92 Å². The van der Waals surface area contributed by atoms with Gasteiger partial charge >= 0.3 is 6.03 Å². The number of amides is 5. The van der Waals surface area contributed by atoms with Crippen LogP contribution in [-0.2, 0) is 14.4 Å². The van der Waals surface area contributed by atoms with Crippen LogP contribution >= 0.6 is 15.9 Å². The highest BCUT2D eigenvalue weighted by Gasteiger charge is 2.36. The van der Waals surface area contributed by atoms with Gasteiger partial charge in [-0.05, 0) is 18.6 Å². The largest absolute Gasteiger partial charge is 0.355 e. The number of carbonyl (C=O) groups excluding carboxylic acids is 4. The maximum Gasteiger partial charge on any atom is 0.350 e. The van der Waals surface area contributed by atoms with E-state index in [4.69, 9.17) is 0 Å². The molecule has 0 fully saturated rings. The summed E-state index contributed by atoms with van der Waals surface area (Å²) in [6.07, 6.45) is 5.61. The number of hydrogen-bond donors (Lipinski definition) is 2. The highest BCUT2D eigenvalue weighted by molar-refractivity contribution is 9.11. The van der Waals surface area contributed by atoms with Crippen molar-refractivity contribution in [3.63, 3.8) is 0 Å². The van der Waals surface area contributed by atoms with Crippen LogP contribution in [0.4, 0.5) is 4.79 Å². The van der Waals surface area contributed by atoms with Gasteiger partial charge in [0.2, 0.25) is 17.7 Å². The van der Waals surface area contributed by atoms with Crippen LogP contribution in [0.1, 0.15) is 19.8 Å². The predicted molar refractivity (Wildman–Crippen MR) is 95.1 cm³/mol. The molecule has 0 saturated carbocycles. The number of carbonyl (C=O) groups is 4. The van der Waals surface area contributed by atoms with Crippen molar-refractivity contribution in [2.45, 2.75) is 19.8 Å². The summed E-state index contributed by atoms with van der Waals surface area (Å²) in [5.41, 5.74) is 0.435. The molecule has 0 radical (unpaired) electrons. The van der Waals surface area contributed by atoms with Crippen molar-refractivity contribution in [3.05, 3.63) is 22.7 Å². The van der Waals surface area contributed by atoms with Crippen molar-refractivity contribution in [1.29, 1.82) is 0 Å². The molecule has 0 saturated heterocycles. The average molecular weight is 411 g/mol. The molecule has 2 N–H and O–H groups in total. The van der Waals surface area contributed by atoms with Crippen LogP contribution in [-0.4, -0.2) is 54.0 Å². The van der Waals surface area contributed by atoms with Gasteiger partial charge in [0.15, 0.2) is 0 Å². The quantitative estimate of drug-likeness (QED) is 0.607. The van der Waals surface area contributed by atoms with E-state index in [1.807, 2.05) is 0 Å². The lowest BCUT2D eigenvalue weighted by atomic mass is 9.95. The number of allylic oxidation sites excluding steroid dienone is 3. The molecule has 1 heterocycles. The van der Waals surface area contributed by atoms with Crippen LogP contribution in [0.2, 0.25) is 0 Å². The second-order valence-corrected chi connectivity index (χ2v) is 6.52. The van der Waals surface area contributed by atoms with E-state index < -0.39 is 11.9 Å². The Balaban J connectivity index is 1.79. The predicted octanol–water partition coefficient (Wildman–Crippen LogP) is 0.887. The summed E-state index contributed by atoms with van der Waals surface area (Å²) in [4.78, 5) is 51.9. The lowest BCUT2D eigenvalue weighted by Crippen LogP contribution is -2.46. The maximum atomic E-state index is 12.5. The molecular formula is C16H19BrN4O4. The minimum absolute atomic E-state index is 0.138. The fourth-order valence-electron chi connectivity index (χ4n) is 2.44. The number of rotatable bonds is 7. The first kappa shape index (κ1) is 19.0. The zero-order chi connectivity index (χ0) is 18.4. The number of hydrogen-bond acceptors (Lipinski definition) is 4. The van der Waals surface area contributed by atoms with Crippen LogP contribution in [0.25, 0.3) is 0 Å². The van der Waals surface area contributed by atoms with Crippen molar-refractivity contribution < 1.29 is 19.2 Å². The molecule has 0 aromatic rings. The Kier molecular flexibility index (Phi) is 6.63. The number of fused-ring (bicyclic) bond motifs is 1. The third-order valence-corrected chi connectivity index (χ3v) is 4.18. The molecule has 25 heavy (non-hydrogen) atoms. The first-order valence-electron chi connectivity index (χ1n) is 7.89. The smallest absolute Gasteiger partial charge is 0.350 e. The molecule has 0 aromatic carbocycles. The van der Waals surface area contributed by atoms with Gasteiger partial charge in [0.1, 0.15) is 5.92 Å². The fourth-order valence-corrected chi connectivity index (χ4v) is 2.84. The number of imide groups is 1. The summed E-state index contributed by atoms with van der Waals surface area (Å²) >= 11 is 3.31. The first-order valence-corrected chi connectivity index (χ1v) is 8.68. The topological polar surface area (TPSA) is 108 Å². The summed E-state index contributed by atoms with van der Waals surface area (Å²) in [5.74, 6) is -1.25. The van der Waals surface area contributed by atoms with Gasteiger partial charge in [-0.25, -0.2) is 4.79 Å². The Morgan fingerprint density at radius 3 is 2.68 bits per heavy atom. The fraction of sp³-hybridized carbons (Fsp3) is 0.438. The van der Waals surface area contributed by atoms with E-state index >= 15 is 0 Å². The zero-order valence-electron chi connectivity index (χ0n) is 13.8. The molecule has 1 unspecified atom stereocenters. The minimum atomic E-state index is -0.599. The number of nitrogens with one attached hydrogen (secondary N) is 2. The lowest BCUT2D eigenvalue weighted by Gasteiger charge is -2.28. The van der Waals surface area contributed by atoms with Gasteiger partial charge in [-0.1, -0.05) is 22.0 Å². The Labute approximate surface area is 153 Å². The summed E-state index contributed by atoms with van der Waals surface area (Å²) in [7, 11) is 0. The van der Waals surface area contributed by atoms with Crippen LogP contribution < -0.4 is 10.6 Å². The Hall–Kier alpha value is -2.29. The second-order valence-electron chi connectivity index (χ2n) is 5.61. The van der Waals surface area contributed by atoms with E-state index in [1.54, 1.807) is 18.2 Å². The summed E-state index contributed by atoms with van der Waals surface area (Å²) in [5, 5.41) is 5.22. The Bertz CT molecular complexity index is 684. The molecule has 0 aromatic heterocycles. The van der Waals surface area contributed by atoms with E-state index in [9.17, 15) is 19.2 Å². The monoisotopic (exact) mass is 410 g/mol. The minimum Gasteiger partial charge on any atom is -0.355 e. The maximum absolute atomic E-state index is 12.5. The van der Waals surface area contributed by atoms with Gasteiger partial charge in [-0.15, -0.1) is 0 Å². The third-order valence-electron chi connectivity index (χ3n) is 3.65. The second kappa shape index (κ2) is 8.70. The molecule has 134 valence electrons. The van der Waals surface area contributed by atoms with Gasteiger partial charge in [0.25, 0.3) is 0 Å². The number of halogens is 1. The standard InChI is InChI=1S/C16H19BrN4O4/c1-10(22)18-6-7-19-14(23)3-2-8-21-15(24)12-9-11(17)4-5-13(12)20-16(21)25/h4-5,9,12H,2-3,6-8H2,1H3,(H,18,22)(H,19,23). The molecule has 9 heteroatoms. The highest BCUT2D eigenvalue weighted by Crippen LogP contribution is 2.24. The molecule has 2 rings (SSSR count). The summed E-state index contributed by atoms with van der Waals surface area (Å²) in [6, 6.07) is -0.599. The van der Waals surface area contributed by atoms with Crippen LogP contribution in [0, 0.1) is 5.92 Å². The molecule has 0 spiro atoms. The molecule has 8 nitrogen and oxygen atoms in total. The third kappa shape index (κ3) is 5.35. The van der Waals surface area contributed by atoms with Crippen molar-refractivity contribution in [1.82, 2.24) is 15.5 Å². The van der Waals surface area contributed by atoms with Crippen molar-refractivity contribution >= 4 is 45.4 Å². The van der Waals surface area contributed by atoms with E-state index in [0.717, 1.165) is 9.38 Å². The molecule has 1 atom stereocenters. The molecule has 1 aliphatic heterocycles. The van der Waals surface area contributed by atoms with Gasteiger partial charge in [0.05, 0.1) is 5.71 Å². The molecule has 2 aliphatic rings. The van der Waals surface area contributed by atoms with Gasteiger partial charge in [-0.3, -0.25) is 19.3 Å². The van der Waals surface area contributed by atoms with Crippen molar-refractivity contribution in [2.24, 2.45) is 10.9 Å². The van der Waals surface area contributed by atoms with E-state index in [-0.39, 0.29) is 30.7 Å². The van der Waals surface area contributed by atoms with Crippen LogP contribution in [0.3, 0.4) is 0 Å². The van der Waals surface area contributed by atoms with E-state index in [0.29, 0.717) is 25.2 Å². The first-order chi connectivity index (χ1) is 11.9.